The molecular formula is C12H15BrN2O. The molecule has 2 rings (SSSR count). The molecule has 16 heavy (non-hydrogen) atoms. The average molecular weight is 283 g/mol. The molecule has 1 fully saturated rings. The Balaban J connectivity index is 2.00. The summed E-state index contributed by atoms with van der Waals surface area (Å²) in [7, 11) is 0. The molecule has 4 heteroatoms. The molecule has 2 unspecified atom stereocenters. The molecule has 86 valence electrons. The molecule has 0 saturated heterocycles. The van der Waals surface area contributed by atoms with Crippen molar-refractivity contribution in [3.8, 4) is 0 Å². The van der Waals surface area contributed by atoms with Crippen LogP contribution < -0.4 is 5.32 Å². The molecule has 1 aromatic heterocycles. The van der Waals surface area contributed by atoms with Crippen LogP contribution in [0.1, 0.15) is 36.5 Å². The average Bonchev–Trinajstić information content (AvgIpc) is 2.65. The second-order valence-electron chi connectivity index (χ2n) is 4.36. The third-order valence-electron chi connectivity index (χ3n) is 3.17. The van der Waals surface area contributed by atoms with E-state index >= 15 is 0 Å². The minimum absolute atomic E-state index is 0.0150. The van der Waals surface area contributed by atoms with Crippen LogP contribution in [0.15, 0.2) is 22.9 Å². The molecule has 1 N–H and O–H groups in total. The number of pyridine rings is 1. The van der Waals surface area contributed by atoms with Gasteiger partial charge >= 0.3 is 0 Å². The summed E-state index contributed by atoms with van der Waals surface area (Å²) < 4.78 is 0.748. The number of hydrogen-bond acceptors (Lipinski definition) is 2. The summed E-state index contributed by atoms with van der Waals surface area (Å²) in [5, 5.41) is 3.07. The molecule has 1 aromatic rings. The minimum Gasteiger partial charge on any atom is -0.349 e. The van der Waals surface area contributed by atoms with E-state index in [2.05, 4.69) is 33.2 Å². The van der Waals surface area contributed by atoms with Gasteiger partial charge in [-0.25, -0.2) is 4.98 Å². The smallest absolute Gasteiger partial charge is 0.253 e. The SMILES string of the molecule is CC1CCCC1NC(=O)c1ccc(Br)nc1. The molecule has 0 radical (unpaired) electrons. The van der Waals surface area contributed by atoms with Crippen LogP contribution >= 0.6 is 15.9 Å². The van der Waals surface area contributed by atoms with Gasteiger partial charge in [0.05, 0.1) is 5.56 Å². The molecule has 1 aliphatic carbocycles. The summed E-state index contributed by atoms with van der Waals surface area (Å²) in [5.41, 5.74) is 0.627. The normalized spacial score (nSPS) is 24.4. The second kappa shape index (κ2) is 4.95. The van der Waals surface area contributed by atoms with Crippen LogP contribution in [0.4, 0.5) is 0 Å². The number of aromatic nitrogens is 1. The van der Waals surface area contributed by atoms with E-state index in [9.17, 15) is 4.79 Å². The fraction of sp³-hybridized carbons (Fsp3) is 0.500. The fourth-order valence-electron chi connectivity index (χ4n) is 2.12. The summed E-state index contributed by atoms with van der Waals surface area (Å²) in [6.07, 6.45) is 5.12. The minimum atomic E-state index is -0.0150. The van der Waals surface area contributed by atoms with Crippen molar-refractivity contribution >= 4 is 21.8 Å². The lowest BCUT2D eigenvalue weighted by Gasteiger charge is -2.17. The van der Waals surface area contributed by atoms with Gasteiger partial charge in [-0.15, -0.1) is 0 Å². The highest BCUT2D eigenvalue weighted by Gasteiger charge is 2.24. The standard InChI is InChI=1S/C12H15BrN2O/c1-8-3-2-4-10(8)15-12(16)9-5-6-11(13)14-7-9/h5-8,10H,2-4H2,1H3,(H,15,16). The van der Waals surface area contributed by atoms with Crippen LogP contribution in [0.25, 0.3) is 0 Å². The van der Waals surface area contributed by atoms with Crippen LogP contribution in [-0.2, 0) is 0 Å². The van der Waals surface area contributed by atoms with Gasteiger partial charge in [-0.1, -0.05) is 13.3 Å². The molecule has 1 aliphatic rings. The zero-order chi connectivity index (χ0) is 11.5. The van der Waals surface area contributed by atoms with Crippen molar-refractivity contribution in [2.75, 3.05) is 0 Å². The van der Waals surface area contributed by atoms with Gasteiger partial charge in [0.25, 0.3) is 5.91 Å². The van der Waals surface area contributed by atoms with Crippen molar-refractivity contribution < 1.29 is 4.79 Å². The number of carbonyl (C=O) groups is 1. The van der Waals surface area contributed by atoms with E-state index in [-0.39, 0.29) is 5.91 Å². The zero-order valence-electron chi connectivity index (χ0n) is 9.24. The monoisotopic (exact) mass is 282 g/mol. The highest BCUT2D eigenvalue weighted by atomic mass is 79.9. The number of nitrogens with zero attached hydrogens (tertiary/aromatic N) is 1. The van der Waals surface area contributed by atoms with Crippen molar-refractivity contribution in [2.24, 2.45) is 5.92 Å². The van der Waals surface area contributed by atoms with Gasteiger partial charge in [0.15, 0.2) is 0 Å². The Hall–Kier alpha value is -0.900. The Labute approximate surface area is 104 Å². The topological polar surface area (TPSA) is 42.0 Å². The van der Waals surface area contributed by atoms with E-state index in [1.165, 1.54) is 12.8 Å². The van der Waals surface area contributed by atoms with Gasteiger partial charge in [0, 0.05) is 12.2 Å². The number of hydrogen-bond donors (Lipinski definition) is 1. The van der Waals surface area contributed by atoms with Crippen molar-refractivity contribution in [3.63, 3.8) is 0 Å². The lowest BCUT2D eigenvalue weighted by atomic mass is 10.1. The Bertz CT molecular complexity index is 377. The Morgan fingerprint density at radius 2 is 2.31 bits per heavy atom. The van der Waals surface area contributed by atoms with Crippen molar-refractivity contribution in [1.82, 2.24) is 10.3 Å². The lowest BCUT2D eigenvalue weighted by Crippen LogP contribution is -2.36. The maximum atomic E-state index is 11.9. The molecule has 0 bridgehead atoms. The molecule has 0 aromatic carbocycles. The van der Waals surface area contributed by atoms with Crippen LogP contribution in [-0.4, -0.2) is 16.9 Å². The predicted molar refractivity (Wildman–Crippen MR) is 66.2 cm³/mol. The number of nitrogens with one attached hydrogen (secondary N) is 1. The maximum absolute atomic E-state index is 11.9. The molecule has 0 aliphatic heterocycles. The first-order valence-corrected chi connectivity index (χ1v) is 6.38. The first kappa shape index (κ1) is 11.6. The van der Waals surface area contributed by atoms with E-state index in [0.717, 1.165) is 11.0 Å². The molecular weight excluding hydrogens is 268 g/mol. The van der Waals surface area contributed by atoms with Gasteiger partial charge in [0.2, 0.25) is 0 Å². The molecule has 1 amide bonds. The van der Waals surface area contributed by atoms with Gasteiger partial charge in [-0.05, 0) is 46.8 Å². The number of halogens is 1. The highest BCUT2D eigenvalue weighted by molar-refractivity contribution is 9.10. The third kappa shape index (κ3) is 2.61. The van der Waals surface area contributed by atoms with Crippen molar-refractivity contribution in [1.29, 1.82) is 0 Å². The summed E-state index contributed by atoms with van der Waals surface area (Å²) in [4.78, 5) is 15.9. The van der Waals surface area contributed by atoms with Crippen LogP contribution in [0.5, 0.6) is 0 Å². The Morgan fingerprint density at radius 3 is 2.88 bits per heavy atom. The van der Waals surface area contributed by atoms with Crippen LogP contribution in [0.3, 0.4) is 0 Å². The predicted octanol–water partition coefficient (Wildman–Crippen LogP) is 2.76. The van der Waals surface area contributed by atoms with E-state index in [1.807, 2.05) is 0 Å². The van der Waals surface area contributed by atoms with Gasteiger partial charge in [-0.3, -0.25) is 4.79 Å². The van der Waals surface area contributed by atoms with E-state index in [1.54, 1.807) is 18.3 Å². The third-order valence-corrected chi connectivity index (χ3v) is 3.64. The van der Waals surface area contributed by atoms with E-state index in [4.69, 9.17) is 0 Å². The first-order chi connectivity index (χ1) is 7.66. The number of amides is 1. The summed E-state index contributed by atoms with van der Waals surface area (Å²) in [6.45, 7) is 2.19. The Kier molecular flexibility index (Phi) is 3.59. The summed E-state index contributed by atoms with van der Waals surface area (Å²) in [5.74, 6) is 0.575. The Morgan fingerprint density at radius 1 is 1.50 bits per heavy atom. The molecule has 1 heterocycles. The largest absolute Gasteiger partial charge is 0.349 e. The maximum Gasteiger partial charge on any atom is 0.253 e. The first-order valence-electron chi connectivity index (χ1n) is 5.59. The van der Waals surface area contributed by atoms with Crippen molar-refractivity contribution in [2.45, 2.75) is 32.2 Å². The van der Waals surface area contributed by atoms with Crippen LogP contribution in [0.2, 0.25) is 0 Å². The summed E-state index contributed by atoms with van der Waals surface area (Å²) >= 11 is 3.25. The second-order valence-corrected chi connectivity index (χ2v) is 5.17. The van der Waals surface area contributed by atoms with Crippen LogP contribution in [0, 0.1) is 5.92 Å². The number of rotatable bonds is 2. The fourth-order valence-corrected chi connectivity index (χ4v) is 2.36. The molecule has 0 spiro atoms. The van der Waals surface area contributed by atoms with Gasteiger partial charge < -0.3 is 5.32 Å². The van der Waals surface area contributed by atoms with Gasteiger partial charge in [-0.2, -0.15) is 0 Å². The van der Waals surface area contributed by atoms with E-state index in [0.29, 0.717) is 17.5 Å². The lowest BCUT2D eigenvalue weighted by molar-refractivity contribution is 0.0929. The van der Waals surface area contributed by atoms with Crippen molar-refractivity contribution in [3.05, 3.63) is 28.5 Å². The highest BCUT2D eigenvalue weighted by Crippen LogP contribution is 2.25. The summed E-state index contributed by atoms with van der Waals surface area (Å²) in [6, 6.07) is 3.90. The van der Waals surface area contributed by atoms with Gasteiger partial charge in [0.1, 0.15) is 4.60 Å². The molecule has 3 nitrogen and oxygen atoms in total. The zero-order valence-corrected chi connectivity index (χ0v) is 10.8. The quantitative estimate of drug-likeness (QED) is 0.848. The van der Waals surface area contributed by atoms with E-state index < -0.39 is 0 Å². The molecule has 2 atom stereocenters. The number of carbonyl (C=O) groups excluding carboxylic acids is 1. The molecule has 1 saturated carbocycles.